The molecule has 0 saturated carbocycles. The van der Waals surface area contributed by atoms with Gasteiger partial charge in [0.05, 0.1) is 50.3 Å². The second-order valence-corrected chi connectivity index (χ2v) is 10.3. The number of carbonyl (C=O) groups excluding carboxylic acids is 2. The summed E-state index contributed by atoms with van der Waals surface area (Å²) in [6, 6.07) is 12.4. The monoisotopic (exact) mass is 590 g/mol. The Morgan fingerprint density at radius 3 is 2.29 bits per heavy atom. The van der Waals surface area contributed by atoms with Crippen molar-refractivity contribution in [2.45, 2.75) is 6.04 Å². The van der Waals surface area contributed by atoms with Gasteiger partial charge >= 0.3 is 5.91 Å². The number of Topliss-reactive ketones (excluding diaryl/α,β-unsaturated/α-hetero) is 1. The molecule has 3 aromatic carbocycles. The molecule has 3 heterocycles. The number of rotatable bonds is 7. The fourth-order valence-corrected chi connectivity index (χ4v) is 6.09. The van der Waals surface area contributed by atoms with Crippen LogP contribution in [0.3, 0.4) is 0 Å². The zero-order chi connectivity index (χ0) is 29.5. The van der Waals surface area contributed by atoms with Crippen molar-refractivity contribution in [1.29, 1.82) is 0 Å². The van der Waals surface area contributed by atoms with E-state index in [4.69, 9.17) is 28.4 Å². The molecule has 42 heavy (non-hydrogen) atoms. The van der Waals surface area contributed by atoms with E-state index in [-0.39, 0.29) is 22.0 Å². The molecule has 11 nitrogen and oxygen atoms in total. The van der Waals surface area contributed by atoms with Crippen LogP contribution in [0.4, 0.5) is 5.13 Å². The molecule has 0 bridgehead atoms. The van der Waals surface area contributed by atoms with Crippen molar-refractivity contribution in [3.05, 3.63) is 65.2 Å². The number of carbonyl (C=O) groups is 2. The molecule has 1 saturated heterocycles. The Labute approximate surface area is 244 Å². The SMILES string of the molecule is COc1ccc2nc(N3C(=O)C(=O)/C(=C(\O)c4ccc5c(c4)OCCO5)C3c3cc(OC)c(OC)c(OC)c3)sc2c1. The van der Waals surface area contributed by atoms with Crippen LogP contribution in [0.5, 0.6) is 34.5 Å². The Bertz CT molecular complexity index is 1740. The molecule has 1 atom stereocenters. The van der Waals surface area contributed by atoms with E-state index in [1.165, 1.54) is 37.6 Å². The summed E-state index contributed by atoms with van der Waals surface area (Å²) in [6.07, 6.45) is 0. The Balaban J connectivity index is 1.58. The van der Waals surface area contributed by atoms with Gasteiger partial charge in [-0.05, 0) is 54.1 Å². The number of hydrogen-bond donors (Lipinski definition) is 1. The van der Waals surface area contributed by atoms with Crippen LogP contribution in [-0.4, -0.2) is 63.4 Å². The number of benzene rings is 3. The molecule has 0 spiro atoms. The number of ether oxygens (including phenoxy) is 6. The minimum absolute atomic E-state index is 0.136. The lowest BCUT2D eigenvalue weighted by atomic mass is 9.94. The Hall–Kier alpha value is -4.97. The van der Waals surface area contributed by atoms with Crippen LogP contribution in [-0.2, 0) is 9.59 Å². The molecule has 0 aliphatic carbocycles. The van der Waals surface area contributed by atoms with Gasteiger partial charge in [-0.3, -0.25) is 14.5 Å². The smallest absolute Gasteiger partial charge is 0.301 e. The van der Waals surface area contributed by atoms with Crippen molar-refractivity contribution < 1.29 is 43.1 Å². The fourth-order valence-electron chi connectivity index (χ4n) is 5.07. The van der Waals surface area contributed by atoms with Crippen molar-refractivity contribution >= 4 is 44.1 Å². The van der Waals surface area contributed by atoms with Gasteiger partial charge in [-0.25, -0.2) is 4.98 Å². The summed E-state index contributed by atoms with van der Waals surface area (Å²) in [5.74, 6) is 0.412. The zero-order valence-corrected chi connectivity index (χ0v) is 23.9. The van der Waals surface area contributed by atoms with E-state index in [9.17, 15) is 14.7 Å². The predicted molar refractivity (Wildman–Crippen MR) is 154 cm³/mol. The van der Waals surface area contributed by atoms with E-state index >= 15 is 0 Å². The standard InChI is InChI=1S/C30H26N2O9S/c1-36-17-6-7-18-23(14-17)42-30(31-18)32-25(16-12-21(37-2)28(39-4)22(13-16)38-3)24(27(34)29(32)35)26(33)15-5-8-19-20(11-15)41-10-9-40-19/h5-8,11-14,25,33H,9-10H2,1-4H3/b26-24-. The Morgan fingerprint density at radius 1 is 0.905 bits per heavy atom. The van der Waals surface area contributed by atoms with Crippen LogP contribution in [0.25, 0.3) is 16.0 Å². The van der Waals surface area contributed by atoms with Crippen LogP contribution in [0.1, 0.15) is 17.2 Å². The number of aliphatic hydroxyl groups excluding tert-OH is 1. The Morgan fingerprint density at radius 2 is 1.62 bits per heavy atom. The van der Waals surface area contributed by atoms with Crippen molar-refractivity contribution in [3.63, 3.8) is 0 Å². The third kappa shape index (κ3) is 4.40. The molecule has 2 aliphatic heterocycles. The molecular weight excluding hydrogens is 564 g/mol. The second-order valence-electron chi connectivity index (χ2n) is 9.32. The maximum atomic E-state index is 13.7. The van der Waals surface area contributed by atoms with Gasteiger partial charge in [-0.2, -0.15) is 0 Å². The van der Waals surface area contributed by atoms with E-state index in [0.717, 1.165) is 4.70 Å². The summed E-state index contributed by atoms with van der Waals surface area (Å²) < 4.78 is 34.0. The topological polar surface area (TPSA) is 126 Å². The lowest BCUT2D eigenvalue weighted by Gasteiger charge is -2.25. The number of ketones is 1. The van der Waals surface area contributed by atoms with Crippen LogP contribution in [0.15, 0.2) is 54.1 Å². The third-order valence-electron chi connectivity index (χ3n) is 7.05. The van der Waals surface area contributed by atoms with Crippen molar-refractivity contribution in [2.75, 3.05) is 46.6 Å². The normalized spacial score (nSPS) is 17.4. The van der Waals surface area contributed by atoms with Gasteiger partial charge in [-0.15, -0.1) is 0 Å². The lowest BCUT2D eigenvalue weighted by molar-refractivity contribution is -0.132. The predicted octanol–water partition coefficient (Wildman–Crippen LogP) is 4.73. The van der Waals surface area contributed by atoms with Crippen LogP contribution < -0.4 is 33.3 Å². The van der Waals surface area contributed by atoms with E-state index in [0.29, 0.717) is 58.8 Å². The van der Waals surface area contributed by atoms with Gasteiger partial charge < -0.3 is 33.5 Å². The molecule has 4 aromatic rings. The highest BCUT2D eigenvalue weighted by Gasteiger charge is 2.48. The average molecular weight is 591 g/mol. The number of methoxy groups -OCH3 is 4. The van der Waals surface area contributed by atoms with E-state index in [2.05, 4.69) is 4.98 Å². The van der Waals surface area contributed by atoms with Gasteiger partial charge in [0, 0.05) is 5.56 Å². The number of nitrogens with zero attached hydrogens (tertiary/aromatic N) is 2. The quantitative estimate of drug-likeness (QED) is 0.183. The number of aliphatic hydroxyl groups is 1. The van der Waals surface area contributed by atoms with Gasteiger partial charge in [0.2, 0.25) is 5.75 Å². The molecule has 216 valence electrons. The molecule has 6 rings (SSSR count). The van der Waals surface area contributed by atoms with Gasteiger partial charge in [0.25, 0.3) is 5.78 Å². The number of hydrogen-bond acceptors (Lipinski definition) is 11. The fraction of sp³-hybridized carbons (Fsp3) is 0.233. The second kappa shape index (κ2) is 10.8. The molecule has 0 radical (unpaired) electrons. The largest absolute Gasteiger partial charge is 0.507 e. The summed E-state index contributed by atoms with van der Waals surface area (Å²) in [7, 11) is 5.97. The van der Waals surface area contributed by atoms with E-state index < -0.39 is 17.7 Å². The number of amides is 1. The number of thiazole rings is 1. The first kappa shape index (κ1) is 27.2. The van der Waals surface area contributed by atoms with Crippen molar-refractivity contribution in [1.82, 2.24) is 4.98 Å². The summed E-state index contributed by atoms with van der Waals surface area (Å²) in [5, 5.41) is 11.9. The minimum Gasteiger partial charge on any atom is -0.507 e. The highest BCUT2D eigenvalue weighted by Crippen LogP contribution is 2.48. The third-order valence-corrected chi connectivity index (χ3v) is 8.07. The summed E-state index contributed by atoms with van der Waals surface area (Å²) in [4.78, 5) is 33.4. The number of fused-ring (bicyclic) bond motifs is 2. The van der Waals surface area contributed by atoms with Gasteiger partial charge in [0.15, 0.2) is 28.1 Å². The van der Waals surface area contributed by atoms with Crippen LogP contribution >= 0.6 is 11.3 Å². The number of anilines is 1. The maximum Gasteiger partial charge on any atom is 0.301 e. The van der Waals surface area contributed by atoms with E-state index in [1.54, 1.807) is 55.6 Å². The minimum atomic E-state index is -1.09. The molecule has 1 fully saturated rings. The zero-order valence-electron chi connectivity index (χ0n) is 23.1. The molecule has 1 unspecified atom stereocenters. The highest BCUT2D eigenvalue weighted by molar-refractivity contribution is 7.22. The first-order valence-electron chi connectivity index (χ1n) is 12.8. The molecular formula is C30H26N2O9S. The Kier molecular flexibility index (Phi) is 6.99. The van der Waals surface area contributed by atoms with Gasteiger partial charge in [-0.1, -0.05) is 11.3 Å². The lowest BCUT2D eigenvalue weighted by Crippen LogP contribution is -2.29. The first-order valence-corrected chi connectivity index (χ1v) is 13.7. The van der Waals surface area contributed by atoms with Crippen molar-refractivity contribution in [3.8, 4) is 34.5 Å². The van der Waals surface area contributed by atoms with Crippen molar-refractivity contribution in [2.24, 2.45) is 0 Å². The highest BCUT2D eigenvalue weighted by atomic mass is 32.1. The molecule has 1 aromatic heterocycles. The summed E-state index contributed by atoms with van der Waals surface area (Å²) in [5.41, 5.74) is 1.19. The number of aromatic nitrogens is 1. The average Bonchev–Trinajstić information content (AvgIpc) is 3.56. The van der Waals surface area contributed by atoms with E-state index in [1.807, 2.05) is 0 Å². The van der Waals surface area contributed by atoms with Crippen LogP contribution in [0, 0.1) is 0 Å². The van der Waals surface area contributed by atoms with Crippen LogP contribution in [0.2, 0.25) is 0 Å². The summed E-state index contributed by atoms with van der Waals surface area (Å²) in [6.45, 7) is 0.744. The molecule has 1 amide bonds. The maximum absolute atomic E-state index is 13.7. The van der Waals surface area contributed by atoms with Gasteiger partial charge in [0.1, 0.15) is 24.7 Å². The summed E-state index contributed by atoms with van der Waals surface area (Å²) >= 11 is 1.22. The molecule has 2 aliphatic rings. The first-order chi connectivity index (χ1) is 20.4. The molecule has 1 N–H and O–H groups in total. The molecule has 12 heteroatoms.